The van der Waals surface area contributed by atoms with E-state index < -0.39 is 0 Å². The first-order valence-electron chi connectivity index (χ1n) is 9.35. The monoisotopic (exact) mass is 396 g/mol. The van der Waals surface area contributed by atoms with Gasteiger partial charge in [0.05, 0.1) is 25.0 Å². The minimum atomic E-state index is -0.302. The molecule has 0 saturated carbocycles. The number of nitrogens with one attached hydrogen (secondary N) is 1. The van der Waals surface area contributed by atoms with Gasteiger partial charge in [-0.3, -0.25) is 4.79 Å². The van der Waals surface area contributed by atoms with Crippen LogP contribution in [-0.2, 0) is 4.74 Å². The average molecular weight is 396 g/mol. The minimum absolute atomic E-state index is 0.238. The van der Waals surface area contributed by atoms with Crippen LogP contribution in [0.1, 0.15) is 15.9 Å². The summed E-state index contributed by atoms with van der Waals surface area (Å²) < 4.78 is 10.2. The van der Waals surface area contributed by atoms with Gasteiger partial charge in [-0.15, -0.1) is 0 Å². The van der Waals surface area contributed by atoms with E-state index in [1.165, 1.54) is 13.3 Å². The van der Waals surface area contributed by atoms with Crippen molar-refractivity contribution >= 4 is 17.5 Å². The highest BCUT2D eigenvalue weighted by atomic mass is 16.5. The zero-order valence-corrected chi connectivity index (χ0v) is 16.6. The third kappa shape index (κ3) is 4.73. The number of carbonyl (C=O) groups excluding carboxylic acids is 1. The molecule has 3 rings (SSSR count). The van der Waals surface area contributed by atoms with Gasteiger partial charge in [0.15, 0.2) is 0 Å². The van der Waals surface area contributed by atoms with Gasteiger partial charge in [-0.25, -0.2) is 4.98 Å². The van der Waals surface area contributed by atoms with Gasteiger partial charge in [-0.2, -0.15) is 10.2 Å². The molecule has 1 aromatic heterocycles. The van der Waals surface area contributed by atoms with E-state index in [-0.39, 0.29) is 17.4 Å². The van der Waals surface area contributed by atoms with Crippen LogP contribution < -0.4 is 19.9 Å². The van der Waals surface area contributed by atoms with Crippen molar-refractivity contribution in [1.29, 1.82) is 5.26 Å². The van der Waals surface area contributed by atoms with Crippen LogP contribution >= 0.6 is 0 Å². The van der Waals surface area contributed by atoms with Crippen molar-refractivity contribution in [3.63, 3.8) is 0 Å². The fraction of sp³-hybridized carbons (Fsp3) is 0.400. The first kappa shape index (κ1) is 20.4. The van der Waals surface area contributed by atoms with Crippen LogP contribution in [0.3, 0.4) is 0 Å². The van der Waals surface area contributed by atoms with Crippen molar-refractivity contribution in [2.75, 3.05) is 63.4 Å². The van der Waals surface area contributed by atoms with Crippen LogP contribution in [0.4, 0.5) is 11.6 Å². The molecule has 0 atom stereocenters. The number of ether oxygens (including phenoxy) is 2. The highest BCUT2D eigenvalue weighted by Crippen LogP contribution is 2.23. The first-order valence-corrected chi connectivity index (χ1v) is 9.35. The lowest BCUT2D eigenvalue weighted by Crippen LogP contribution is -2.47. The molecule has 2 aromatic rings. The molecule has 1 N–H and O–H groups in total. The maximum absolute atomic E-state index is 12.3. The van der Waals surface area contributed by atoms with Gasteiger partial charge in [-0.1, -0.05) is 12.1 Å². The van der Waals surface area contributed by atoms with Gasteiger partial charge >= 0.3 is 0 Å². The van der Waals surface area contributed by atoms with Gasteiger partial charge in [0.1, 0.15) is 11.6 Å². The average Bonchev–Trinajstić information content (AvgIpc) is 2.78. The molecular weight excluding hydrogens is 372 g/mol. The maximum atomic E-state index is 12.3. The molecule has 1 aliphatic heterocycles. The van der Waals surface area contributed by atoms with Gasteiger partial charge in [0.25, 0.3) is 5.91 Å². The molecule has 0 spiro atoms. The van der Waals surface area contributed by atoms with Gasteiger partial charge in [0.2, 0.25) is 11.8 Å². The zero-order chi connectivity index (χ0) is 20.6. The number of hydrogen-bond donors (Lipinski definition) is 1. The van der Waals surface area contributed by atoms with E-state index >= 15 is 0 Å². The minimum Gasteiger partial charge on any atom is -0.480 e. The number of hydrogen-bond acceptors (Lipinski definition) is 8. The summed E-state index contributed by atoms with van der Waals surface area (Å²) in [6, 6.07) is 9.84. The number of carbonyl (C=O) groups is 1. The first-order chi connectivity index (χ1) is 14.2. The summed E-state index contributed by atoms with van der Waals surface area (Å²) in [4.78, 5) is 25.3. The van der Waals surface area contributed by atoms with E-state index in [0.29, 0.717) is 37.8 Å². The largest absolute Gasteiger partial charge is 0.480 e. The smallest absolute Gasteiger partial charge is 0.258 e. The molecule has 0 bridgehead atoms. The van der Waals surface area contributed by atoms with Crippen molar-refractivity contribution in [3.8, 4) is 11.9 Å². The molecule has 1 saturated heterocycles. The highest BCUT2D eigenvalue weighted by molar-refractivity contribution is 5.96. The second kappa shape index (κ2) is 9.71. The van der Waals surface area contributed by atoms with E-state index in [2.05, 4.69) is 26.3 Å². The second-order valence-electron chi connectivity index (χ2n) is 6.44. The van der Waals surface area contributed by atoms with E-state index in [9.17, 15) is 10.1 Å². The Labute approximate surface area is 169 Å². The predicted octanol–water partition coefficient (Wildman–Crippen LogP) is 1.06. The number of rotatable bonds is 7. The van der Waals surface area contributed by atoms with Crippen molar-refractivity contribution in [2.24, 2.45) is 0 Å². The summed E-state index contributed by atoms with van der Waals surface area (Å²) in [6.45, 7) is 3.69. The summed E-state index contributed by atoms with van der Waals surface area (Å²) in [6.07, 6.45) is 1.49. The predicted molar refractivity (Wildman–Crippen MR) is 108 cm³/mol. The number of aromatic nitrogens is 2. The van der Waals surface area contributed by atoms with Crippen LogP contribution in [0.25, 0.3) is 0 Å². The van der Waals surface area contributed by atoms with Crippen molar-refractivity contribution in [3.05, 3.63) is 41.6 Å². The van der Waals surface area contributed by atoms with Crippen LogP contribution in [0.5, 0.6) is 5.88 Å². The molecule has 1 aliphatic rings. The third-order valence-corrected chi connectivity index (χ3v) is 4.70. The molecule has 9 nitrogen and oxygen atoms in total. The molecule has 0 radical (unpaired) electrons. The van der Waals surface area contributed by atoms with Gasteiger partial charge in [-0.05, 0) is 12.1 Å². The fourth-order valence-corrected chi connectivity index (χ4v) is 3.17. The van der Waals surface area contributed by atoms with Crippen molar-refractivity contribution in [2.45, 2.75) is 0 Å². The van der Waals surface area contributed by atoms with E-state index in [4.69, 9.17) is 9.47 Å². The Balaban J connectivity index is 1.68. The van der Waals surface area contributed by atoms with E-state index in [1.807, 2.05) is 29.2 Å². The van der Waals surface area contributed by atoms with Crippen molar-refractivity contribution < 1.29 is 14.3 Å². The van der Waals surface area contributed by atoms with E-state index in [0.717, 1.165) is 18.8 Å². The molecule has 2 heterocycles. The van der Waals surface area contributed by atoms with Crippen LogP contribution in [0.2, 0.25) is 0 Å². The molecule has 152 valence electrons. The molecule has 1 aromatic carbocycles. The maximum Gasteiger partial charge on any atom is 0.258 e. The summed E-state index contributed by atoms with van der Waals surface area (Å²) in [5.74, 6) is 0.453. The Hall–Kier alpha value is -3.38. The molecule has 0 unspecified atom stereocenters. The lowest BCUT2D eigenvalue weighted by atomic mass is 10.1. The quantitative estimate of drug-likeness (QED) is 0.693. The lowest BCUT2D eigenvalue weighted by molar-refractivity contribution is 0.0933. The third-order valence-electron chi connectivity index (χ3n) is 4.70. The Morgan fingerprint density at radius 3 is 2.62 bits per heavy atom. The van der Waals surface area contributed by atoms with Gasteiger partial charge in [0, 0.05) is 46.0 Å². The standard InChI is InChI=1S/C20H24N6O3/c1-28-12-7-22-18(27)16-14-23-20(24-19(16)29-2)26-10-8-25(9-11-26)17-6-4-3-5-15(17)13-21/h3-6,14H,7-12H2,1-2H3,(H,22,27). The Kier molecular flexibility index (Phi) is 6.81. The Morgan fingerprint density at radius 1 is 1.21 bits per heavy atom. The van der Waals surface area contributed by atoms with Gasteiger partial charge < -0.3 is 24.6 Å². The second-order valence-corrected chi connectivity index (χ2v) is 6.44. The Morgan fingerprint density at radius 2 is 1.93 bits per heavy atom. The molecule has 9 heteroatoms. The fourth-order valence-electron chi connectivity index (χ4n) is 3.17. The number of piperazine rings is 1. The normalized spacial score (nSPS) is 13.7. The van der Waals surface area contributed by atoms with Crippen molar-refractivity contribution in [1.82, 2.24) is 15.3 Å². The SMILES string of the molecule is COCCNC(=O)c1cnc(N2CCN(c3ccccc3C#N)CC2)nc1OC. The molecule has 29 heavy (non-hydrogen) atoms. The molecular formula is C20H24N6O3. The topological polar surface area (TPSA) is 104 Å². The number of anilines is 2. The number of nitriles is 1. The number of para-hydroxylation sites is 1. The van der Waals surface area contributed by atoms with E-state index in [1.54, 1.807) is 7.11 Å². The summed E-state index contributed by atoms with van der Waals surface area (Å²) in [5.41, 5.74) is 1.90. The summed E-state index contributed by atoms with van der Waals surface area (Å²) in [5, 5.41) is 12.1. The summed E-state index contributed by atoms with van der Waals surface area (Å²) >= 11 is 0. The molecule has 1 amide bonds. The zero-order valence-electron chi connectivity index (χ0n) is 16.6. The number of amides is 1. The van der Waals surface area contributed by atoms with Crippen LogP contribution in [0, 0.1) is 11.3 Å². The number of benzene rings is 1. The lowest BCUT2D eigenvalue weighted by Gasteiger charge is -2.36. The van der Waals surface area contributed by atoms with Crippen LogP contribution in [-0.4, -0.2) is 69.4 Å². The Bertz CT molecular complexity index is 890. The molecule has 1 fully saturated rings. The number of nitrogens with zero attached hydrogens (tertiary/aromatic N) is 5. The summed E-state index contributed by atoms with van der Waals surface area (Å²) in [7, 11) is 3.05. The van der Waals surface area contributed by atoms with Crippen LogP contribution in [0.15, 0.2) is 30.5 Å². The highest BCUT2D eigenvalue weighted by Gasteiger charge is 2.23. The molecule has 0 aliphatic carbocycles. The number of methoxy groups -OCH3 is 2.